The molecule has 0 aliphatic heterocycles. The van der Waals surface area contributed by atoms with Crippen LogP contribution in [-0.2, 0) is 19.6 Å². The Morgan fingerprint density at radius 2 is 2.00 bits per heavy atom. The largest absolute Gasteiger partial charge is 0.493 e. The van der Waals surface area contributed by atoms with Crippen LogP contribution in [0.25, 0.3) is 0 Å². The summed E-state index contributed by atoms with van der Waals surface area (Å²) in [6, 6.07) is 13.9. The Hall–Kier alpha value is -2.32. The standard InChI is InChI=1S/C19H21BrN4O2S/c1-3-17-22-23-19(27)24(17)21-11-14-15(20)9-10-16(25-2)18(14)26-12-13-7-5-4-6-8-13/h4-10,21H,3,11-12H2,1-2H3,(H,23,27). The van der Waals surface area contributed by atoms with E-state index in [9.17, 15) is 0 Å². The molecule has 0 bridgehead atoms. The van der Waals surface area contributed by atoms with E-state index in [0.29, 0.717) is 29.4 Å². The van der Waals surface area contributed by atoms with Gasteiger partial charge in [-0.25, -0.2) is 4.68 Å². The maximum atomic E-state index is 6.13. The summed E-state index contributed by atoms with van der Waals surface area (Å²) in [6.45, 7) is 2.97. The van der Waals surface area contributed by atoms with Crippen LogP contribution in [0.2, 0.25) is 0 Å². The third-order valence-electron chi connectivity index (χ3n) is 4.09. The molecular weight excluding hydrogens is 428 g/mol. The van der Waals surface area contributed by atoms with Crippen molar-refractivity contribution in [3.63, 3.8) is 0 Å². The number of hydrogen-bond acceptors (Lipinski definition) is 5. The molecule has 0 amide bonds. The van der Waals surface area contributed by atoms with E-state index in [1.165, 1.54) is 0 Å². The zero-order valence-electron chi connectivity index (χ0n) is 15.2. The maximum Gasteiger partial charge on any atom is 0.214 e. The van der Waals surface area contributed by atoms with Crippen molar-refractivity contribution < 1.29 is 9.47 Å². The first-order valence-electron chi connectivity index (χ1n) is 8.56. The van der Waals surface area contributed by atoms with Gasteiger partial charge in [0.15, 0.2) is 17.3 Å². The molecule has 2 aromatic carbocycles. The molecule has 0 saturated carbocycles. The summed E-state index contributed by atoms with van der Waals surface area (Å²) in [4.78, 5) is 0. The van der Waals surface area contributed by atoms with Gasteiger partial charge in [-0.2, -0.15) is 5.10 Å². The van der Waals surface area contributed by atoms with Crippen LogP contribution in [0.15, 0.2) is 46.9 Å². The monoisotopic (exact) mass is 448 g/mol. The van der Waals surface area contributed by atoms with Crippen molar-refractivity contribution in [1.82, 2.24) is 14.9 Å². The maximum absolute atomic E-state index is 6.13. The summed E-state index contributed by atoms with van der Waals surface area (Å²) < 4.78 is 14.9. The molecule has 6 nitrogen and oxygen atoms in total. The molecule has 0 atom stereocenters. The molecule has 1 aromatic heterocycles. The first-order chi connectivity index (χ1) is 13.1. The second-order valence-corrected chi connectivity index (χ2v) is 7.04. The Bertz CT molecular complexity index is 956. The number of ether oxygens (including phenoxy) is 2. The predicted molar refractivity (Wildman–Crippen MR) is 111 cm³/mol. The number of aromatic nitrogens is 3. The van der Waals surface area contributed by atoms with Crippen molar-refractivity contribution >= 4 is 28.1 Å². The summed E-state index contributed by atoms with van der Waals surface area (Å²) in [6.07, 6.45) is 0.761. The molecule has 0 aliphatic carbocycles. The van der Waals surface area contributed by atoms with Gasteiger partial charge >= 0.3 is 0 Å². The Labute approximate surface area is 171 Å². The molecule has 0 spiro atoms. The average Bonchev–Trinajstić information content (AvgIpc) is 3.06. The Balaban J connectivity index is 1.86. The van der Waals surface area contributed by atoms with Gasteiger partial charge in [0.1, 0.15) is 6.61 Å². The number of methoxy groups -OCH3 is 1. The van der Waals surface area contributed by atoms with Gasteiger partial charge in [-0.15, -0.1) is 0 Å². The van der Waals surface area contributed by atoms with Crippen molar-refractivity contribution in [3.05, 3.63) is 68.7 Å². The van der Waals surface area contributed by atoms with Gasteiger partial charge in [0.05, 0.1) is 13.7 Å². The van der Waals surface area contributed by atoms with Crippen LogP contribution >= 0.6 is 28.1 Å². The summed E-state index contributed by atoms with van der Waals surface area (Å²) in [5.41, 5.74) is 5.34. The van der Waals surface area contributed by atoms with Crippen LogP contribution in [0.3, 0.4) is 0 Å². The zero-order valence-corrected chi connectivity index (χ0v) is 17.6. The molecule has 2 N–H and O–H groups in total. The van der Waals surface area contributed by atoms with Crippen LogP contribution in [-0.4, -0.2) is 22.0 Å². The number of rotatable bonds is 8. The number of halogens is 1. The summed E-state index contributed by atoms with van der Waals surface area (Å²) >= 11 is 8.92. The molecule has 0 aliphatic rings. The van der Waals surface area contributed by atoms with Gasteiger partial charge in [-0.1, -0.05) is 53.2 Å². The van der Waals surface area contributed by atoms with Crippen molar-refractivity contribution in [2.45, 2.75) is 26.5 Å². The van der Waals surface area contributed by atoms with E-state index < -0.39 is 0 Å². The SMILES string of the molecule is CCc1n[nH]c(=S)n1NCc1c(Br)ccc(OC)c1OCc1ccccc1. The smallest absolute Gasteiger partial charge is 0.214 e. The molecule has 1 heterocycles. The predicted octanol–water partition coefficient (Wildman–Crippen LogP) is 4.60. The highest BCUT2D eigenvalue weighted by Crippen LogP contribution is 2.37. The molecule has 8 heteroatoms. The number of nitrogens with zero attached hydrogens (tertiary/aromatic N) is 2. The highest BCUT2D eigenvalue weighted by atomic mass is 79.9. The first kappa shape index (κ1) is 19.4. The number of aryl methyl sites for hydroxylation is 1. The number of H-pyrrole nitrogens is 1. The van der Waals surface area contributed by atoms with Crippen LogP contribution in [0.1, 0.15) is 23.9 Å². The highest BCUT2D eigenvalue weighted by molar-refractivity contribution is 9.10. The molecule has 3 aromatic rings. The van der Waals surface area contributed by atoms with Crippen LogP contribution in [0, 0.1) is 4.77 Å². The van der Waals surface area contributed by atoms with E-state index in [0.717, 1.165) is 27.8 Å². The molecule has 142 valence electrons. The molecule has 0 unspecified atom stereocenters. The normalized spacial score (nSPS) is 10.6. The Morgan fingerprint density at radius 1 is 1.22 bits per heavy atom. The van der Waals surface area contributed by atoms with Crippen molar-refractivity contribution in [3.8, 4) is 11.5 Å². The van der Waals surface area contributed by atoms with Crippen LogP contribution < -0.4 is 14.9 Å². The lowest BCUT2D eigenvalue weighted by molar-refractivity contribution is 0.281. The number of aromatic amines is 1. The van der Waals surface area contributed by atoms with Crippen molar-refractivity contribution in [2.75, 3.05) is 12.5 Å². The topological polar surface area (TPSA) is 64.1 Å². The van der Waals surface area contributed by atoms with Gasteiger partial charge in [0.25, 0.3) is 0 Å². The summed E-state index contributed by atoms with van der Waals surface area (Å²) in [5.74, 6) is 2.21. The summed E-state index contributed by atoms with van der Waals surface area (Å²) in [7, 11) is 1.64. The lowest BCUT2D eigenvalue weighted by Crippen LogP contribution is -2.18. The molecule has 0 radical (unpaired) electrons. The lowest BCUT2D eigenvalue weighted by Gasteiger charge is -2.18. The van der Waals surface area contributed by atoms with Crippen molar-refractivity contribution in [1.29, 1.82) is 0 Å². The molecular formula is C19H21BrN4O2S. The number of benzene rings is 2. The fourth-order valence-electron chi connectivity index (χ4n) is 2.68. The van der Waals surface area contributed by atoms with E-state index in [-0.39, 0.29) is 0 Å². The fourth-order valence-corrected chi connectivity index (χ4v) is 3.35. The van der Waals surface area contributed by atoms with E-state index in [1.54, 1.807) is 11.8 Å². The number of nitrogens with one attached hydrogen (secondary N) is 2. The first-order valence-corrected chi connectivity index (χ1v) is 9.76. The fraction of sp³-hybridized carbons (Fsp3) is 0.263. The zero-order chi connectivity index (χ0) is 19.2. The lowest BCUT2D eigenvalue weighted by atomic mass is 10.2. The van der Waals surface area contributed by atoms with Gasteiger partial charge in [-0.05, 0) is 29.9 Å². The van der Waals surface area contributed by atoms with Gasteiger partial charge in [-0.3, -0.25) is 5.10 Å². The molecule has 27 heavy (non-hydrogen) atoms. The minimum absolute atomic E-state index is 0.450. The van der Waals surface area contributed by atoms with E-state index in [2.05, 4.69) is 31.6 Å². The number of hydrogen-bond donors (Lipinski definition) is 2. The minimum Gasteiger partial charge on any atom is -0.493 e. The average molecular weight is 449 g/mol. The quantitative estimate of drug-likeness (QED) is 0.493. The second-order valence-electron chi connectivity index (χ2n) is 5.80. The third kappa shape index (κ3) is 4.51. The van der Waals surface area contributed by atoms with Gasteiger partial charge in [0.2, 0.25) is 4.77 Å². The van der Waals surface area contributed by atoms with E-state index in [1.807, 2.05) is 49.4 Å². The van der Waals surface area contributed by atoms with Crippen LogP contribution in [0.5, 0.6) is 11.5 Å². The minimum atomic E-state index is 0.450. The van der Waals surface area contributed by atoms with Crippen molar-refractivity contribution in [2.24, 2.45) is 0 Å². The van der Waals surface area contributed by atoms with Gasteiger partial charge < -0.3 is 14.9 Å². The van der Waals surface area contributed by atoms with Crippen LogP contribution in [0.4, 0.5) is 0 Å². The van der Waals surface area contributed by atoms with E-state index in [4.69, 9.17) is 21.7 Å². The Kier molecular flexibility index (Phi) is 6.52. The highest BCUT2D eigenvalue weighted by Gasteiger charge is 2.16. The third-order valence-corrected chi connectivity index (χ3v) is 5.10. The summed E-state index contributed by atoms with van der Waals surface area (Å²) in [5, 5.41) is 7.03. The Morgan fingerprint density at radius 3 is 2.70 bits per heavy atom. The van der Waals surface area contributed by atoms with E-state index >= 15 is 0 Å². The molecule has 0 saturated heterocycles. The van der Waals surface area contributed by atoms with Gasteiger partial charge in [0, 0.05) is 16.5 Å². The molecule has 3 rings (SSSR count). The second kappa shape index (κ2) is 9.05. The molecule has 0 fully saturated rings.